The molecule has 1 aromatic carbocycles. The topological polar surface area (TPSA) is 89.4 Å². The molecule has 3 N–H and O–H groups in total. The van der Waals surface area contributed by atoms with Gasteiger partial charge in [-0.15, -0.1) is 0 Å². The second-order valence-corrected chi connectivity index (χ2v) is 10.6. The number of piperazine rings is 1. The standard InChI is InChI=1S/C29H39N7O/c1-21-3-5-22(6-4-21)17-31-29-32-19-26(28(34-29)33-24-8-10-25(37)11-9-24)27-12-7-23(18-30-27)20-36-15-13-35(2)14-16-36/h3-7,12,18-19,24-25,37H,8-11,13-17,20H2,1-2H3,(H2,31,32,33,34)/t24-,25-. The molecule has 2 aliphatic rings. The highest BCUT2D eigenvalue weighted by atomic mass is 16.3. The van der Waals surface area contributed by atoms with Crippen molar-refractivity contribution in [1.29, 1.82) is 0 Å². The van der Waals surface area contributed by atoms with Crippen LogP contribution < -0.4 is 10.6 Å². The smallest absolute Gasteiger partial charge is 0.224 e. The highest BCUT2D eigenvalue weighted by molar-refractivity contribution is 5.73. The average molecular weight is 502 g/mol. The molecular weight excluding hydrogens is 462 g/mol. The van der Waals surface area contributed by atoms with Crippen LogP contribution >= 0.6 is 0 Å². The van der Waals surface area contributed by atoms with E-state index >= 15 is 0 Å². The summed E-state index contributed by atoms with van der Waals surface area (Å²) in [5.41, 5.74) is 5.42. The number of nitrogens with one attached hydrogen (secondary N) is 2. The van der Waals surface area contributed by atoms with Crippen LogP contribution in [-0.4, -0.2) is 75.2 Å². The Morgan fingerprint density at radius 2 is 1.62 bits per heavy atom. The Labute approximate surface area is 220 Å². The fourth-order valence-corrected chi connectivity index (χ4v) is 5.01. The number of pyridine rings is 1. The van der Waals surface area contributed by atoms with Gasteiger partial charge in [0.25, 0.3) is 0 Å². The quantitative estimate of drug-likeness (QED) is 0.428. The molecular formula is C29H39N7O. The lowest BCUT2D eigenvalue weighted by molar-refractivity contribution is 0.126. The van der Waals surface area contributed by atoms with Gasteiger partial charge >= 0.3 is 0 Å². The molecule has 0 atom stereocenters. The van der Waals surface area contributed by atoms with Crippen molar-refractivity contribution >= 4 is 11.8 Å². The van der Waals surface area contributed by atoms with E-state index in [2.05, 4.69) is 75.8 Å². The van der Waals surface area contributed by atoms with E-state index in [1.807, 2.05) is 12.4 Å². The van der Waals surface area contributed by atoms with Crippen LogP contribution in [0.5, 0.6) is 0 Å². The molecule has 1 aliphatic carbocycles. The fourth-order valence-electron chi connectivity index (χ4n) is 5.01. The summed E-state index contributed by atoms with van der Waals surface area (Å²) in [4.78, 5) is 19.2. The molecule has 2 aromatic heterocycles. The van der Waals surface area contributed by atoms with Crippen LogP contribution in [0.25, 0.3) is 11.3 Å². The lowest BCUT2D eigenvalue weighted by Crippen LogP contribution is -2.43. The van der Waals surface area contributed by atoms with Crippen LogP contribution in [-0.2, 0) is 13.1 Å². The summed E-state index contributed by atoms with van der Waals surface area (Å²) in [6.45, 7) is 8.08. The lowest BCUT2D eigenvalue weighted by atomic mass is 9.93. The number of rotatable bonds is 8. The predicted octanol–water partition coefficient (Wildman–Crippen LogP) is 3.92. The SMILES string of the molecule is Cc1ccc(CNc2ncc(-c3ccc(CN4CCN(C)CC4)cn3)c(N[C@H]3CC[C@H](O)CC3)n2)cc1. The fraction of sp³-hybridized carbons (Fsp3) is 0.483. The van der Waals surface area contributed by atoms with Gasteiger partial charge < -0.3 is 20.6 Å². The van der Waals surface area contributed by atoms with Crippen molar-refractivity contribution < 1.29 is 5.11 Å². The Balaban J connectivity index is 1.32. The van der Waals surface area contributed by atoms with Crippen LogP contribution in [0.3, 0.4) is 0 Å². The third kappa shape index (κ3) is 7.03. The first kappa shape index (κ1) is 25.6. The van der Waals surface area contributed by atoms with Gasteiger partial charge in [0.15, 0.2) is 0 Å². The van der Waals surface area contributed by atoms with Gasteiger partial charge in [-0.25, -0.2) is 4.98 Å². The highest BCUT2D eigenvalue weighted by Gasteiger charge is 2.22. The summed E-state index contributed by atoms with van der Waals surface area (Å²) in [6, 6.07) is 13.0. The third-order valence-corrected chi connectivity index (χ3v) is 7.50. The second-order valence-electron chi connectivity index (χ2n) is 10.6. The zero-order valence-corrected chi connectivity index (χ0v) is 22.0. The number of aliphatic hydroxyl groups is 1. The number of aryl methyl sites for hydroxylation is 1. The van der Waals surface area contributed by atoms with Crippen LogP contribution in [0.1, 0.15) is 42.4 Å². The molecule has 0 bridgehead atoms. The molecule has 1 saturated heterocycles. The summed E-state index contributed by atoms with van der Waals surface area (Å²) >= 11 is 0. The number of aromatic nitrogens is 3. The first-order chi connectivity index (χ1) is 18.0. The van der Waals surface area contributed by atoms with Gasteiger partial charge in [-0.3, -0.25) is 9.88 Å². The molecule has 3 heterocycles. The van der Waals surface area contributed by atoms with Gasteiger partial charge in [-0.05, 0) is 56.8 Å². The summed E-state index contributed by atoms with van der Waals surface area (Å²) in [7, 11) is 2.18. The first-order valence-corrected chi connectivity index (χ1v) is 13.5. The van der Waals surface area contributed by atoms with E-state index < -0.39 is 0 Å². The number of likely N-dealkylation sites (N-methyl/N-ethyl adjacent to an activating group) is 1. The van der Waals surface area contributed by atoms with E-state index in [1.165, 1.54) is 16.7 Å². The monoisotopic (exact) mass is 501 g/mol. The average Bonchev–Trinajstić information content (AvgIpc) is 2.92. The van der Waals surface area contributed by atoms with Gasteiger partial charge in [0.2, 0.25) is 5.95 Å². The maximum Gasteiger partial charge on any atom is 0.224 e. The Morgan fingerprint density at radius 1 is 0.892 bits per heavy atom. The Bertz CT molecular complexity index is 1140. The minimum absolute atomic E-state index is 0.191. The van der Waals surface area contributed by atoms with E-state index in [1.54, 1.807) is 0 Å². The maximum atomic E-state index is 9.94. The van der Waals surface area contributed by atoms with E-state index in [0.29, 0.717) is 12.5 Å². The van der Waals surface area contributed by atoms with Crippen molar-refractivity contribution in [3.8, 4) is 11.3 Å². The molecule has 0 amide bonds. The molecule has 8 heteroatoms. The van der Waals surface area contributed by atoms with E-state index in [0.717, 1.165) is 75.5 Å². The van der Waals surface area contributed by atoms with E-state index in [9.17, 15) is 5.11 Å². The minimum Gasteiger partial charge on any atom is -0.393 e. The van der Waals surface area contributed by atoms with Crippen LogP contribution in [0.15, 0.2) is 48.8 Å². The van der Waals surface area contributed by atoms with Crippen molar-refractivity contribution in [3.05, 3.63) is 65.5 Å². The number of hydrogen-bond donors (Lipinski definition) is 3. The summed E-state index contributed by atoms with van der Waals surface area (Å²) in [6.07, 6.45) is 7.14. The zero-order valence-electron chi connectivity index (χ0n) is 22.0. The normalized spacial score (nSPS) is 21.1. The van der Waals surface area contributed by atoms with Crippen molar-refractivity contribution in [2.24, 2.45) is 0 Å². The van der Waals surface area contributed by atoms with Crippen LogP contribution in [0, 0.1) is 6.92 Å². The van der Waals surface area contributed by atoms with E-state index in [-0.39, 0.29) is 12.1 Å². The molecule has 2 fully saturated rings. The van der Waals surface area contributed by atoms with Crippen molar-refractivity contribution in [3.63, 3.8) is 0 Å². The molecule has 0 radical (unpaired) electrons. The molecule has 0 spiro atoms. The predicted molar refractivity (Wildman–Crippen MR) is 148 cm³/mol. The molecule has 37 heavy (non-hydrogen) atoms. The molecule has 3 aromatic rings. The van der Waals surface area contributed by atoms with Crippen LogP contribution in [0.2, 0.25) is 0 Å². The van der Waals surface area contributed by atoms with Crippen molar-refractivity contribution in [1.82, 2.24) is 24.8 Å². The Morgan fingerprint density at radius 3 is 2.32 bits per heavy atom. The number of nitrogens with zero attached hydrogens (tertiary/aromatic N) is 5. The van der Waals surface area contributed by atoms with Gasteiger partial charge in [-0.1, -0.05) is 35.9 Å². The van der Waals surface area contributed by atoms with Gasteiger partial charge in [0.1, 0.15) is 5.82 Å². The number of hydrogen-bond acceptors (Lipinski definition) is 8. The number of anilines is 2. The number of benzene rings is 1. The van der Waals surface area contributed by atoms with Crippen LogP contribution in [0.4, 0.5) is 11.8 Å². The zero-order chi connectivity index (χ0) is 25.6. The van der Waals surface area contributed by atoms with Crippen molar-refractivity contribution in [2.45, 2.75) is 57.8 Å². The Kier molecular flexibility index (Phi) is 8.28. The minimum atomic E-state index is -0.191. The highest BCUT2D eigenvalue weighted by Crippen LogP contribution is 2.29. The first-order valence-electron chi connectivity index (χ1n) is 13.5. The summed E-state index contributed by atoms with van der Waals surface area (Å²) in [5, 5.41) is 17.0. The van der Waals surface area contributed by atoms with Gasteiger partial charge in [0, 0.05) is 57.7 Å². The molecule has 196 valence electrons. The molecule has 8 nitrogen and oxygen atoms in total. The van der Waals surface area contributed by atoms with Gasteiger partial charge in [0.05, 0.1) is 17.4 Å². The Hall–Kier alpha value is -3.07. The molecule has 5 rings (SSSR count). The van der Waals surface area contributed by atoms with E-state index in [4.69, 9.17) is 9.97 Å². The summed E-state index contributed by atoms with van der Waals surface area (Å²) < 4.78 is 0. The number of aliphatic hydroxyl groups excluding tert-OH is 1. The molecule has 1 aliphatic heterocycles. The molecule has 1 saturated carbocycles. The maximum absolute atomic E-state index is 9.94. The van der Waals surface area contributed by atoms with Crippen molar-refractivity contribution in [2.75, 3.05) is 43.9 Å². The largest absolute Gasteiger partial charge is 0.393 e. The third-order valence-electron chi connectivity index (χ3n) is 7.50. The molecule has 0 unspecified atom stereocenters. The summed E-state index contributed by atoms with van der Waals surface area (Å²) in [5.74, 6) is 1.39. The lowest BCUT2D eigenvalue weighted by Gasteiger charge is -2.32. The second kappa shape index (κ2) is 12.0. The van der Waals surface area contributed by atoms with Gasteiger partial charge in [-0.2, -0.15) is 4.98 Å².